The predicted octanol–water partition coefficient (Wildman–Crippen LogP) is 6.09. The van der Waals surface area contributed by atoms with E-state index >= 15 is 0 Å². The monoisotopic (exact) mass is 945 g/mol. The number of esters is 2. The average Bonchev–Trinajstić information content (AvgIpc) is 3.24. The van der Waals surface area contributed by atoms with Crippen molar-refractivity contribution in [2.45, 2.75) is 249 Å². The smallest absolute Gasteiger partial charge is 0.309 e. The first-order valence-corrected chi connectivity index (χ1v) is 24.9. The van der Waals surface area contributed by atoms with Crippen LogP contribution in [0.3, 0.4) is 0 Å². The minimum absolute atomic E-state index is 0.190. The lowest BCUT2D eigenvalue weighted by Gasteiger charge is -2.43. The summed E-state index contributed by atoms with van der Waals surface area (Å²) in [6, 6.07) is -3.57. The third-order valence-electron chi connectivity index (χ3n) is 11.6. The van der Waals surface area contributed by atoms with Crippen molar-refractivity contribution in [1.82, 2.24) is 16.0 Å². The van der Waals surface area contributed by atoms with Gasteiger partial charge in [-0.15, -0.1) is 12.6 Å². The van der Waals surface area contributed by atoms with E-state index in [4.69, 9.17) is 29.8 Å². The summed E-state index contributed by atoms with van der Waals surface area (Å²) in [5, 5.41) is 27.8. The molecule has 1 unspecified atom stereocenters. The number of nitrogens with one attached hydrogen (secondary N) is 3. The molecular weight excluding hydrogens is 861 g/mol. The fourth-order valence-electron chi connectivity index (χ4n) is 7.65. The molecule has 1 rings (SSSR count). The first-order chi connectivity index (χ1) is 31.0. The topological polar surface area (TPSA) is 259 Å². The maximum absolute atomic E-state index is 13.2. The molecule has 7 N–H and O–H groups in total. The van der Waals surface area contributed by atoms with E-state index in [0.29, 0.717) is 6.42 Å². The molecule has 0 aromatic rings. The molecule has 9 atom stereocenters. The standard InChI is InChI=1S/C47H84N4O13S/c1-6-8-10-12-14-15-16-17-18-19-21-23-25-27-39(55)63-35(26-24-22-20-13-11-9-7-2)30-40(56)61-31-37-42(57)43(41(47(65)64-37)50-34(5)52)62-33(4)46(60)49-32(3)45(59)51-36(44(48)58)28-29-38(53)54/h32-33,35-37,41-43,47,57,65H,6-31H2,1-5H3,(H2,48,58)(H,49,60)(H,50,52)(H,51,59)(H,53,54)/t32-,33?,35+,36+,37+,41+,42+,43-,47-/m0/s1. The third kappa shape index (κ3) is 27.7. The highest BCUT2D eigenvalue weighted by Crippen LogP contribution is 2.28. The fourth-order valence-corrected chi connectivity index (χ4v) is 8.05. The number of aliphatic hydroxyl groups is 1. The van der Waals surface area contributed by atoms with E-state index in [1.165, 1.54) is 91.4 Å². The van der Waals surface area contributed by atoms with Crippen molar-refractivity contribution < 1.29 is 62.7 Å². The Bertz CT molecular complexity index is 1410. The van der Waals surface area contributed by atoms with Crippen molar-refractivity contribution >= 4 is 54.2 Å². The molecule has 65 heavy (non-hydrogen) atoms. The molecule has 376 valence electrons. The Labute approximate surface area is 393 Å². The summed E-state index contributed by atoms with van der Waals surface area (Å²) >= 11 is 4.46. The number of ether oxygens (including phenoxy) is 4. The van der Waals surface area contributed by atoms with Gasteiger partial charge >= 0.3 is 17.9 Å². The zero-order chi connectivity index (χ0) is 48.6. The van der Waals surface area contributed by atoms with Crippen LogP contribution in [0.1, 0.15) is 195 Å². The second kappa shape index (κ2) is 35.7. The lowest BCUT2D eigenvalue weighted by atomic mass is 9.97. The van der Waals surface area contributed by atoms with Gasteiger partial charge in [0.05, 0.1) is 12.5 Å². The van der Waals surface area contributed by atoms with E-state index in [9.17, 15) is 38.7 Å². The van der Waals surface area contributed by atoms with Gasteiger partial charge in [0.15, 0.2) is 0 Å². The van der Waals surface area contributed by atoms with Crippen molar-refractivity contribution in [3.05, 3.63) is 0 Å². The highest BCUT2D eigenvalue weighted by Gasteiger charge is 2.47. The molecular formula is C47H84N4O13S. The average molecular weight is 945 g/mol. The van der Waals surface area contributed by atoms with E-state index in [1.54, 1.807) is 0 Å². The van der Waals surface area contributed by atoms with Crippen LogP contribution in [-0.4, -0.2) is 112 Å². The molecule has 0 aromatic carbocycles. The Hall–Kier alpha value is -3.48. The van der Waals surface area contributed by atoms with Gasteiger partial charge in [0.25, 0.3) is 0 Å². The Kier molecular flexibility index (Phi) is 32.7. The second-order valence-corrected chi connectivity index (χ2v) is 18.1. The van der Waals surface area contributed by atoms with E-state index < -0.39 is 103 Å². The number of hydrogen-bond acceptors (Lipinski definition) is 13. The normalized spacial score (nSPS) is 20.1. The summed E-state index contributed by atoms with van der Waals surface area (Å²) in [5.41, 5.74) is 4.22. The number of aliphatic carboxylic acids is 1. The minimum Gasteiger partial charge on any atom is -0.481 e. The van der Waals surface area contributed by atoms with Gasteiger partial charge in [0, 0.05) is 19.8 Å². The number of thiol groups is 1. The van der Waals surface area contributed by atoms with Crippen LogP contribution in [0.15, 0.2) is 0 Å². The first-order valence-electron chi connectivity index (χ1n) is 24.4. The van der Waals surface area contributed by atoms with Crippen molar-refractivity contribution in [2.24, 2.45) is 5.73 Å². The Morgan fingerprint density at radius 1 is 0.708 bits per heavy atom. The number of primary amides is 1. The molecule has 1 fully saturated rings. The van der Waals surface area contributed by atoms with Crippen LogP contribution in [-0.2, 0) is 52.5 Å². The number of nitrogens with two attached hydrogens (primary N) is 1. The lowest BCUT2D eigenvalue weighted by molar-refractivity contribution is -0.204. The number of aliphatic hydroxyl groups excluding tert-OH is 1. The number of unbranched alkanes of at least 4 members (excludes halogenated alkanes) is 18. The largest absolute Gasteiger partial charge is 0.481 e. The molecule has 18 heteroatoms. The van der Waals surface area contributed by atoms with Crippen LogP contribution in [0.2, 0.25) is 0 Å². The predicted molar refractivity (Wildman–Crippen MR) is 250 cm³/mol. The second-order valence-electron chi connectivity index (χ2n) is 17.6. The van der Waals surface area contributed by atoms with E-state index in [-0.39, 0.29) is 25.2 Å². The fraction of sp³-hybridized carbons (Fsp3) is 0.851. The molecule has 4 amide bonds. The molecule has 1 aliphatic rings. The quantitative estimate of drug-likeness (QED) is 0.0210. The number of carboxylic acids is 1. The zero-order valence-electron chi connectivity index (χ0n) is 40.0. The van der Waals surface area contributed by atoms with Crippen LogP contribution in [0.4, 0.5) is 0 Å². The van der Waals surface area contributed by atoms with Gasteiger partial charge in [-0.05, 0) is 39.5 Å². The summed E-state index contributed by atoms with van der Waals surface area (Å²) in [5.74, 6) is -5.27. The van der Waals surface area contributed by atoms with Crippen LogP contribution < -0.4 is 21.7 Å². The van der Waals surface area contributed by atoms with Crippen LogP contribution >= 0.6 is 12.6 Å². The van der Waals surface area contributed by atoms with Gasteiger partial charge in [-0.25, -0.2) is 0 Å². The van der Waals surface area contributed by atoms with Gasteiger partial charge in [-0.3, -0.25) is 33.6 Å². The summed E-state index contributed by atoms with van der Waals surface area (Å²) < 4.78 is 23.2. The maximum Gasteiger partial charge on any atom is 0.309 e. The molecule has 1 aliphatic heterocycles. The van der Waals surface area contributed by atoms with Crippen molar-refractivity contribution in [3.8, 4) is 0 Å². The number of rotatable bonds is 38. The summed E-state index contributed by atoms with van der Waals surface area (Å²) in [7, 11) is 0. The Balaban J connectivity index is 2.82. The molecule has 0 aromatic heterocycles. The molecule has 0 radical (unpaired) electrons. The van der Waals surface area contributed by atoms with Crippen molar-refractivity contribution in [2.75, 3.05) is 6.61 Å². The molecule has 0 spiro atoms. The summed E-state index contributed by atoms with van der Waals surface area (Å²) in [6.45, 7) is 7.87. The van der Waals surface area contributed by atoms with Gasteiger partial charge in [-0.1, -0.05) is 129 Å². The Morgan fingerprint density at radius 2 is 1.23 bits per heavy atom. The van der Waals surface area contributed by atoms with E-state index in [0.717, 1.165) is 57.8 Å². The van der Waals surface area contributed by atoms with Crippen LogP contribution in [0.25, 0.3) is 0 Å². The number of amides is 4. The SMILES string of the molecule is CCCCCCCCCCCCCCCC(=O)O[C@H](CCCCCCCCC)CC(=O)OC[C@H]1O[C@@H](S)[C@H](NC(C)=O)[C@H](OC(C)C(=O)N[C@@H](C)C(=O)N[C@H](CCC(=O)O)C(N)=O)[C@@H]1O. The summed E-state index contributed by atoms with van der Waals surface area (Å²) in [6.07, 6.45) is 16.8. The van der Waals surface area contributed by atoms with E-state index in [1.807, 2.05) is 0 Å². The van der Waals surface area contributed by atoms with E-state index in [2.05, 4.69) is 42.4 Å². The highest BCUT2D eigenvalue weighted by atomic mass is 32.1. The number of hydrogen-bond donors (Lipinski definition) is 7. The molecule has 0 aliphatic carbocycles. The lowest BCUT2D eigenvalue weighted by Crippen LogP contribution is -2.64. The number of carboxylic acid groups (broad SMARTS) is 1. The number of carbonyl (C=O) groups is 7. The van der Waals surface area contributed by atoms with Gasteiger partial charge in [-0.2, -0.15) is 0 Å². The first kappa shape index (κ1) is 59.5. The molecule has 1 saturated heterocycles. The van der Waals surface area contributed by atoms with Crippen molar-refractivity contribution in [1.29, 1.82) is 0 Å². The minimum atomic E-state index is -1.55. The van der Waals surface area contributed by atoms with Crippen LogP contribution in [0.5, 0.6) is 0 Å². The third-order valence-corrected chi connectivity index (χ3v) is 12.0. The van der Waals surface area contributed by atoms with Crippen molar-refractivity contribution in [3.63, 3.8) is 0 Å². The van der Waals surface area contributed by atoms with Crippen LogP contribution in [0, 0.1) is 0 Å². The molecule has 17 nitrogen and oxygen atoms in total. The van der Waals surface area contributed by atoms with Gasteiger partial charge in [0.1, 0.15) is 54.6 Å². The highest BCUT2D eigenvalue weighted by molar-refractivity contribution is 7.80. The molecule has 0 saturated carbocycles. The number of carbonyl (C=O) groups excluding carboxylic acids is 6. The molecule has 1 heterocycles. The van der Waals surface area contributed by atoms with Gasteiger partial charge < -0.3 is 50.8 Å². The maximum atomic E-state index is 13.2. The Morgan fingerprint density at radius 3 is 1.74 bits per heavy atom. The molecule has 0 bridgehead atoms. The zero-order valence-corrected chi connectivity index (χ0v) is 40.9. The summed E-state index contributed by atoms with van der Waals surface area (Å²) in [4.78, 5) is 87.0. The van der Waals surface area contributed by atoms with Gasteiger partial charge in [0.2, 0.25) is 23.6 Å².